The van der Waals surface area contributed by atoms with Gasteiger partial charge in [-0.25, -0.2) is 4.98 Å². The van der Waals surface area contributed by atoms with Gasteiger partial charge in [0.05, 0.1) is 23.5 Å². The summed E-state index contributed by atoms with van der Waals surface area (Å²) in [5.74, 6) is -0.766. The molecule has 2 amide bonds. The summed E-state index contributed by atoms with van der Waals surface area (Å²) in [7, 11) is 0. The molecule has 0 saturated carbocycles. The number of amides is 2. The van der Waals surface area contributed by atoms with E-state index in [9.17, 15) is 35.9 Å². The number of rotatable bonds is 8. The molecule has 2 aromatic heterocycles. The molecule has 2 aliphatic rings. The molecule has 9 nitrogen and oxygen atoms in total. The van der Waals surface area contributed by atoms with Crippen LogP contribution in [0.2, 0.25) is 0 Å². The Morgan fingerprint density at radius 1 is 0.959 bits per heavy atom. The molecule has 15 heteroatoms. The maximum Gasteiger partial charge on any atom is 0.418 e. The van der Waals surface area contributed by atoms with Crippen LogP contribution < -0.4 is 4.74 Å². The average molecular weight is 691 g/mol. The van der Waals surface area contributed by atoms with Crippen molar-refractivity contribution in [3.63, 3.8) is 0 Å². The molecule has 262 valence electrons. The Kier molecular flexibility index (Phi) is 10.5. The minimum atomic E-state index is -5.19. The van der Waals surface area contributed by atoms with Gasteiger partial charge in [0.2, 0.25) is 5.88 Å². The zero-order valence-corrected chi connectivity index (χ0v) is 27.1. The number of halogens is 6. The maximum absolute atomic E-state index is 13.8. The molecule has 5 rings (SSSR count). The van der Waals surface area contributed by atoms with Crippen LogP contribution in [0.3, 0.4) is 0 Å². The van der Waals surface area contributed by atoms with Crippen LogP contribution in [0.25, 0.3) is 10.8 Å². The quantitative estimate of drug-likeness (QED) is 0.141. The van der Waals surface area contributed by atoms with Gasteiger partial charge < -0.3 is 14.5 Å². The summed E-state index contributed by atoms with van der Waals surface area (Å²) in [4.78, 5) is 38.5. The lowest BCUT2D eigenvalue weighted by molar-refractivity contribution is -0.0959. The Labute approximate surface area is 278 Å². The smallest absolute Gasteiger partial charge is 0.418 e. The Morgan fingerprint density at radius 2 is 1.63 bits per heavy atom. The fraction of sp³-hybridized carbons (Fsp3) is 0.441. The van der Waals surface area contributed by atoms with Crippen molar-refractivity contribution in [3.05, 3.63) is 76.4 Å². The molecular formula is C34H36F6N6O3. The minimum absolute atomic E-state index is 0.0457. The maximum atomic E-state index is 13.8. The predicted molar refractivity (Wildman–Crippen MR) is 171 cm³/mol. The van der Waals surface area contributed by atoms with E-state index in [2.05, 4.69) is 21.8 Å². The van der Waals surface area contributed by atoms with Gasteiger partial charge in [0.1, 0.15) is 6.61 Å². The van der Waals surface area contributed by atoms with Gasteiger partial charge in [-0.1, -0.05) is 0 Å². The molecule has 3 aromatic rings. The number of carbonyl (C=O) groups excluding carboxylic acids is 2. The van der Waals surface area contributed by atoms with Gasteiger partial charge >= 0.3 is 12.4 Å². The van der Waals surface area contributed by atoms with Crippen molar-refractivity contribution >= 4 is 29.3 Å². The van der Waals surface area contributed by atoms with Gasteiger partial charge in [-0.3, -0.25) is 19.3 Å². The fourth-order valence-corrected chi connectivity index (χ4v) is 6.01. The van der Waals surface area contributed by atoms with Crippen molar-refractivity contribution in [3.8, 4) is 5.88 Å². The van der Waals surface area contributed by atoms with Crippen LogP contribution in [-0.2, 0) is 0 Å². The summed E-state index contributed by atoms with van der Waals surface area (Å²) >= 11 is 0. The topological polar surface area (TPSA) is 92.9 Å². The van der Waals surface area contributed by atoms with E-state index in [1.807, 2.05) is 17.8 Å². The number of hydrogen-bond donors (Lipinski definition) is 0. The molecule has 2 aliphatic heterocycles. The highest BCUT2D eigenvalue weighted by Gasteiger charge is 2.39. The molecule has 0 aliphatic carbocycles. The lowest BCUT2D eigenvalue weighted by Crippen LogP contribution is -2.39. The molecule has 0 N–H and O–H groups in total. The van der Waals surface area contributed by atoms with Gasteiger partial charge in [0, 0.05) is 72.1 Å². The molecule has 2 fully saturated rings. The minimum Gasteiger partial charge on any atom is -0.471 e. The summed E-state index contributed by atoms with van der Waals surface area (Å²) in [6.45, 7) is 6.70. The third-order valence-electron chi connectivity index (χ3n) is 8.76. The highest BCUT2D eigenvalue weighted by atomic mass is 19.4. The standard InChI is InChI=1S/C34H36F6N6O3/c1-21-17-43-46(19-21)25-7-11-45(12-8-25)31(47)23-14-24-18-42-30(16-26(24)27(15-23)32(48)44-9-5-4-6-10-44)49-20-29(41-3)28(34(38,39)40)13-22(2)33(35,36)37/h13-19,25H,3-12,20H2,1-2H3/b22-13+,29-28+. The van der Waals surface area contributed by atoms with Crippen molar-refractivity contribution in [1.82, 2.24) is 24.6 Å². The lowest BCUT2D eigenvalue weighted by atomic mass is 9.98. The largest absolute Gasteiger partial charge is 0.471 e. The number of aliphatic imine (C=N–C) groups is 1. The van der Waals surface area contributed by atoms with Crippen molar-refractivity contribution in [1.29, 1.82) is 0 Å². The molecule has 0 bridgehead atoms. The van der Waals surface area contributed by atoms with Gasteiger partial charge in [0.25, 0.3) is 11.8 Å². The number of allylic oxidation sites excluding steroid dienone is 3. The summed E-state index contributed by atoms with van der Waals surface area (Å²) in [6.07, 6.45) is -1.09. The van der Waals surface area contributed by atoms with Gasteiger partial charge in [-0.2, -0.15) is 31.4 Å². The number of alkyl halides is 6. The number of ether oxygens (including phenoxy) is 1. The lowest BCUT2D eigenvalue weighted by Gasteiger charge is -2.32. The first-order chi connectivity index (χ1) is 23.2. The van der Waals surface area contributed by atoms with E-state index in [1.165, 1.54) is 18.3 Å². The highest BCUT2D eigenvalue weighted by molar-refractivity contribution is 6.10. The second kappa shape index (κ2) is 14.4. The highest BCUT2D eigenvalue weighted by Crippen LogP contribution is 2.35. The molecule has 4 heterocycles. The van der Waals surface area contributed by atoms with E-state index >= 15 is 0 Å². The number of aryl methyl sites for hydroxylation is 1. The molecule has 0 radical (unpaired) electrons. The number of nitrogens with zero attached hydrogens (tertiary/aromatic N) is 6. The molecule has 1 aromatic carbocycles. The Hall–Kier alpha value is -4.69. The molecule has 2 saturated heterocycles. The van der Waals surface area contributed by atoms with Crippen LogP contribution in [0.4, 0.5) is 26.3 Å². The number of carbonyl (C=O) groups is 2. The number of hydrogen-bond acceptors (Lipinski definition) is 6. The number of pyridine rings is 1. The first-order valence-electron chi connectivity index (χ1n) is 15.8. The monoisotopic (exact) mass is 690 g/mol. The van der Waals surface area contributed by atoms with Gasteiger partial charge in [0.15, 0.2) is 0 Å². The first-order valence-corrected chi connectivity index (χ1v) is 15.8. The van der Waals surface area contributed by atoms with Crippen LogP contribution >= 0.6 is 0 Å². The normalized spacial score (nSPS) is 17.3. The van der Waals surface area contributed by atoms with Crippen LogP contribution in [0.5, 0.6) is 5.88 Å². The van der Waals surface area contributed by atoms with Crippen molar-refractivity contribution < 1.29 is 40.7 Å². The second-order valence-corrected chi connectivity index (χ2v) is 12.3. The van der Waals surface area contributed by atoms with Crippen molar-refractivity contribution in [2.24, 2.45) is 4.99 Å². The molecule has 0 spiro atoms. The first kappa shape index (κ1) is 35.6. The third kappa shape index (κ3) is 8.31. The van der Waals surface area contributed by atoms with Crippen LogP contribution in [0, 0.1) is 6.92 Å². The number of benzene rings is 1. The zero-order valence-electron chi connectivity index (χ0n) is 27.1. The number of aromatic nitrogens is 3. The van der Waals surface area contributed by atoms with Gasteiger partial charge in [-0.05, 0) is 76.4 Å². The number of likely N-dealkylation sites (tertiary alicyclic amines) is 2. The van der Waals surface area contributed by atoms with E-state index < -0.39 is 35.8 Å². The Balaban J connectivity index is 1.45. The van der Waals surface area contributed by atoms with Crippen molar-refractivity contribution in [2.45, 2.75) is 64.3 Å². The molecular weight excluding hydrogens is 654 g/mol. The zero-order chi connectivity index (χ0) is 35.5. The molecule has 0 atom stereocenters. The van der Waals surface area contributed by atoms with E-state index in [4.69, 9.17) is 4.74 Å². The Bertz CT molecular complexity index is 1780. The van der Waals surface area contributed by atoms with E-state index in [-0.39, 0.29) is 35.4 Å². The van der Waals surface area contributed by atoms with Crippen LogP contribution in [0.15, 0.2) is 64.7 Å². The van der Waals surface area contributed by atoms with Crippen LogP contribution in [-0.4, -0.2) is 88.2 Å². The van der Waals surface area contributed by atoms with E-state index in [0.717, 1.165) is 24.8 Å². The predicted octanol–water partition coefficient (Wildman–Crippen LogP) is 7.25. The summed E-state index contributed by atoms with van der Waals surface area (Å²) < 4.78 is 88.0. The summed E-state index contributed by atoms with van der Waals surface area (Å²) in [5, 5.41) is 5.18. The van der Waals surface area contributed by atoms with E-state index in [0.29, 0.717) is 62.3 Å². The average Bonchev–Trinajstić information content (AvgIpc) is 3.52. The number of piperidine rings is 2. The van der Waals surface area contributed by atoms with Crippen LogP contribution in [0.1, 0.15) is 71.3 Å². The Morgan fingerprint density at radius 3 is 2.22 bits per heavy atom. The van der Waals surface area contributed by atoms with Crippen molar-refractivity contribution in [2.75, 3.05) is 32.8 Å². The van der Waals surface area contributed by atoms with Gasteiger partial charge in [-0.15, -0.1) is 0 Å². The molecule has 49 heavy (non-hydrogen) atoms. The summed E-state index contributed by atoms with van der Waals surface area (Å²) in [6, 6.07) is 4.66. The second-order valence-electron chi connectivity index (χ2n) is 12.3. The van der Waals surface area contributed by atoms with E-state index in [1.54, 1.807) is 22.1 Å². The molecule has 0 unspecified atom stereocenters. The number of fused-ring (bicyclic) bond motifs is 1. The SMILES string of the molecule is C=N/C(COc1cc2c(C(=O)N3CCCCC3)cc(C(=O)N3CCC(n4cc(C)cn4)CC3)cc2cn1)=C(\C=C(/C)C(F)(F)F)C(F)(F)F. The third-order valence-corrected chi connectivity index (χ3v) is 8.76. The fourth-order valence-electron chi connectivity index (χ4n) is 6.01. The summed E-state index contributed by atoms with van der Waals surface area (Å²) in [5.41, 5.74) is -2.47.